The molecule has 0 saturated carbocycles. The molecule has 0 amide bonds. The molecule has 1 N–H and O–H groups in total. The summed E-state index contributed by atoms with van der Waals surface area (Å²) in [5, 5.41) is 9.45. The normalized spacial score (nSPS) is 18.4. The molecule has 18 heavy (non-hydrogen) atoms. The molecule has 92 valence electrons. The third-order valence-electron chi connectivity index (χ3n) is 3.30. The van der Waals surface area contributed by atoms with Gasteiger partial charge in [-0.15, -0.1) is 11.8 Å². The highest BCUT2D eigenvalue weighted by Gasteiger charge is 2.20. The first-order valence-electron chi connectivity index (χ1n) is 5.92. The molecule has 2 aromatic rings. The second-order valence-corrected chi connectivity index (χ2v) is 5.62. The number of rotatable bonds is 1. The van der Waals surface area contributed by atoms with E-state index < -0.39 is 0 Å². The number of fused-ring (bicyclic) bond motifs is 1. The maximum absolute atomic E-state index is 12.9. The largest absolute Gasteiger partial charge is 0.508 e. The standard InChI is InChI=1S/C15H13FOS/c16-13-4-1-10(2-5-13)12-7-11-3-6-14(17)8-15(11)18-9-12/h1-6,8,12,17H,7,9H2/t12-/m0/s1. The van der Waals surface area contributed by atoms with Gasteiger partial charge < -0.3 is 5.11 Å². The third-order valence-corrected chi connectivity index (χ3v) is 4.56. The minimum Gasteiger partial charge on any atom is -0.508 e. The lowest BCUT2D eigenvalue weighted by Gasteiger charge is -2.24. The van der Waals surface area contributed by atoms with Gasteiger partial charge in [0.2, 0.25) is 0 Å². The molecule has 0 unspecified atom stereocenters. The fourth-order valence-electron chi connectivity index (χ4n) is 2.31. The Hall–Kier alpha value is -1.48. The van der Waals surface area contributed by atoms with Crippen LogP contribution in [0.3, 0.4) is 0 Å². The molecule has 3 heteroatoms. The Morgan fingerprint density at radius 3 is 2.67 bits per heavy atom. The van der Waals surface area contributed by atoms with Crippen molar-refractivity contribution in [2.24, 2.45) is 0 Å². The van der Waals surface area contributed by atoms with Crippen LogP contribution >= 0.6 is 11.8 Å². The van der Waals surface area contributed by atoms with E-state index in [0.29, 0.717) is 11.7 Å². The zero-order valence-electron chi connectivity index (χ0n) is 9.77. The monoisotopic (exact) mass is 260 g/mol. The molecular weight excluding hydrogens is 247 g/mol. The molecule has 0 saturated heterocycles. The summed E-state index contributed by atoms with van der Waals surface area (Å²) in [6.45, 7) is 0. The topological polar surface area (TPSA) is 20.2 Å². The lowest BCUT2D eigenvalue weighted by atomic mass is 9.93. The number of benzene rings is 2. The van der Waals surface area contributed by atoms with Gasteiger partial charge >= 0.3 is 0 Å². The predicted octanol–water partition coefficient (Wildman–Crippen LogP) is 3.96. The fraction of sp³-hybridized carbons (Fsp3) is 0.200. The number of phenolic OH excluding ortho intramolecular Hbond substituents is 1. The van der Waals surface area contributed by atoms with Crippen LogP contribution in [0.25, 0.3) is 0 Å². The van der Waals surface area contributed by atoms with Crippen LogP contribution in [0.5, 0.6) is 5.75 Å². The number of phenols is 1. The van der Waals surface area contributed by atoms with Crippen LogP contribution in [-0.4, -0.2) is 10.9 Å². The van der Waals surface area contributed by atoms with Crippen molar-refractivity contribution in [1.29, 1.82) is 0 Å². The van der Waals surface area contributed by atoms with Crippen molar-refractivity contribution in [3.05, 3.63) is 59.4 Å². The van der Waals surface area contributed by atoms with Crippen molar-refractivity contribution in [1.82, 2.24) is 0 Å². The average molecular weight is 260 g/mol. The van der Waals surface area contributed by atoms with E-state index >= 15 is 0 Å². The second kappa shape index (κ2) is 4.65. The van der Waals surface area contributed by atoms with E-state index in [1.165, 1.54) is 23.3 Å². The van der Waals surface area contributed by atoms with Crippen LogP contribution in [-0.2, 0) is 6.42 Å². The van der Waals surface area contributed by atoms with Gasteiger partial charge in [-0.1, -0.05) is 18.2 Å². The van der Waals surface area contributed by atoms with Gasteiger partial charge in [-0.25, -0.2) is 4.39 Å². The van der Waals surface area contributed by atoms with Crippen molar-refractivity contribution in [3.8, 4) is 5.75 Å². The molecule has 0 fully saturated rings. The first-order valence-corrected chi connectivity index (χ1v) is 6.91. The summed E-state index contributed by atoms with van der Waals surface area (Å²) in [7, 11) is 0. The second-order valence-electron chi connectivity index (χ2n) is 4.56. The Morgan fingerprint density at radius 2 is 1.89 bits per heavy atom. The third kappa shape index (κ3) is 2.23. The Kier molecular flexibility index (Phi) is 3.00. The van der Waals surface area contributed by atoms with Crippen LogP contribution < -0.4 is 0 Å². The first-order chi connectivity index (χ1) is 8.72. The van der Waals surface area contributed by atoms with E-state index in [2.05, 4.69) is 0 Å². The number of aromatic hydroxyl groups is 1. The van der Waals surface area contributed by atoms with Crippen LogP contribution in [0.2, 0.25) is 0 Å². The lowest BCUT2D eigenvalue weighted by molar-refractivity contribution is 0.473. The summed E-state index contributed by atoms with van der Waals surface area (Å²) >= 11 is 1.76. The summed E-state index contributed by atoms with van der Waals surface area (Å²) < 4.78 is 12.9. The Labute approximate surface area is 110 Å². The SMILES string of the molecule is Oc1ccc2c(c1)SC[C@@H](c1ccc(F)cc1)C2. The molecule has 1 heterocycles. The maximum Gasteiger partial charge on any atom is 0.123 e. The van der Waals surface area contributed by atoms with E-state index in [0.717, 1.165) is 17.1 Å². The number of hydrogen-bond acceptors (Lipinski definition) is 2. The smallest absolute Gasteiger partial charge is 0.123 e. The van der Waals surface area contributed by atoms with Crippen LogP contribution in [0.15, 0.2) is 47.4 Å². The highest BCUT2D eigenvalue weighted by Crippen LogP contribution is 2.38. The molecule has 3 rings (SSSR count). The van der Waals surface area contributed by atoms with E-state index in [1.807, 2.05) is 24.3 Å². The molecule has 1 nitrogen and oxygen atoms in total. The van der Waals surface area contributed by atoms with Crippen LogP contribution in [0.1, 0.15) is 17.0 Å². The molecule has 0 bridgehead atoms. The van der Waals surface area contributed by atoms with Crippen molar-refractivity contribution in [2.45, 2.75) is 17.2 Å². The van der Waals surface area contributed by atoms with Crippen LogP contribution in [0.4, 0.5) is 4.39 Å². The van der Waals surface area contributed by atoms with E-state index in [-0.39, 0.29) is 5.82 Å². The van der Waals surface area contributed by atoms with Gasteiger partial charge in [-0.2, -0.15) is 0 Å². The summed E-state index contributed by atoms with van der Waals surface area (Å²) in [6.07, 6.45) is 0.953. The Balaban J connectivity index is 1.86. The summed E-state index contributed by atoms with van der Waals surface area (Å²) in [5.74, 6) is 1.53. The highest BCUT2D eigenvalue weighted by atomic mass is 32.2. The molecule has 2 aromatic carbocycles. The first kappa shape index (κ1) is 11.6. The molecule has 1 aliphatic rings. The molecular formula is C15H13FOS. The van der Waals surface area contributed by atoms with Gasteiger partial charge in [0, 0.05) is 10.6 Å². The summed E-state index contributed by atoms with van der Waals surface area (Å²) in [5.41, 5.74) is 2.45. The van der Waals surface area contributed by atoms with Crippen molar-refractivity contribution in [2.75, 3.05) is 5.75 Å². The Morgan fingerprint density at radius 1 is 1.11 bits per heavy atom. The minimum atomic E-state index is -0.187. The zero-order chi connectivity index (χ0) is 12.5. The average Bonchev–Trinajstić information content (AvgIpc) is 2.39. The van der Waals surface area contributed by atoms with Gasteiger partial charge in [-0.3, -0.25) is 0 Å². The van der Waals surface area contributed by atoms with E-state index in [4.69, 9.17) is 0 Å². The fourth-order valence-corrected chi connectivity index (χ4v) is 3.54. The number of halogens is 1. The predicted molar refractivity (Wildman–Crippen MR) is 71.7 cm³/mol. The lowest BCUT2D eigenvalue weighted by Crippen LogP contribution is -2.11. The highest BCUT2D eigenvalue weighted by molar-refractivity contribution is 7.99. The maximum atomic E-state index is 12.9. The molecule has 0 aliphatic carbocycles. The Bertz CT molecular complexity index is 565. The van der Waals surface area contributed by atoms with Crippen molar-refractivity contribution in [3.63, 3.8) is 0 Å². The minimum absolute atomic E-state index is 0.187. The van der Waals surface area contributed by atoms with E-state index in [1.54, 1.807) is 17.8 Å². The van der Waals surface area contributed by atoms with Gasteiger partial charge in [0.15, 0.2) is 0 Å². The van der Waals surface area contributed by atoms with Gasteiger partial charge in [-0.05, 0) is 47.7 Å². The van der Waals surface area contributed by atoms with Crippen LogP contribution in [0, 0.1) is 5.82 Å². The van der Waals surface area contributed by atoms with Crippen molar-refractivity contribution >= 4 is 11.8 Å². The number of hydrogen-bond donors (Lipinski definition) is 1. The summed E-state index contributed by atoms with van der Waals surface area (Å²) in [6, 6.07) is 12.3. The molecule has 0 spiro atoms. The van der Waals surface area contributed by atoms with Gasteiger partial charge in [0.1, 0.15) is 11.6 Å². The number of thioether (sulfide) groups is 1. The molecule has 1 aliphatic heterocycles. The van der Waals surface area contributed by atoms with E-state index in [9.17, 15) is 9.50 Å². The quantitative estimate of drug-likeness (QED) is 0.837. The van der Waals surface area contributed by atoms with Crippen molar-refractivity contribution < 1.29 is 9.50 Å². The molecule has 1 atom stereocenters. The van der Waals surface area contributed by atoms with Gasteiger partial charge in [0.25, 0.3) is 0 Å². The summed E-state index contributed by atoms with van der Waals surface area (Å²) in [4.78, 5) is 1.16. The van der Waals surface area contributed by atoms with Gasteiger partial charge in [0.05, 0.1) is 0 Å². The zero-order valence-corrected chi connectivity index (χ0v) is 10.6. The molecule has 0 aromatic heterocycles. The molecule has 0 radical (unpaired) electrons.